The summed E-state index contributed by atoms with van der Waals surface area (Å²) in [7, 11) is 1.51. The van der Waals surface area contributed by atoms with Crippen LogP contribution in [0.15, 0.2) is 37.2 Å². The van der Waals surface area contributed by atoms with Crippen LogP contribution in [0.5, 0.6) is 0 Å². The second-order valence-corrected chi connectivity index (χ2v) is 7.41. The van der Waals surface area contributed by atoms with Crippen molar-refractivity contribution in [1.29, 1.82) is 0 Å². The molecule has 3 aromatic rings. The van der Waals surface area contributed by atoms with Gasteiger partial charge in [-0.25, -0.2) is 24.6 Å². The predicted octanol–water partition coefficient (Wildman–Crippen LogP) is 3.02. The smallest absolute Gasteiger partial charge is 0.378 e. The van der Waals surface area contributed by atoms with Gasteiger partial charge in [0.15, 0.2) is 5.82 Å². The first-order valence-electron chi connectivity index (χ1n) is 9.83. The highest BCUT2D eigenvalue weighted by Crippen LogP contribution is 2.35. The maximum atomic E-state index is 13.1. The van der Waals surface area contributed by atoms with E-state index in [1.807, 2.05) is 0 Å². The number of halogens is 6. The minimum Gasteiger partial charge on any atom is -0.378 e. The molecule has 0 atom stereocenters. The Morgan fingerprint density at radius 2 is 1.66 bits per heavy atom. The van der Waals surface area contributed by atoms with Crippen LogP contribution in [0, 0.1) is 0 Å². The van der Waals surface area contributed by atoms with E-state index in [-0.39, 0.29) is 11.7 Å². The third-order valence-electron chi connectivity index (χ3n) is 5.00. The van der Waals surface area contributed by atoms with Gasteiger partial charge in [0.05, 0.1) is 11.7 Å². The van der Waals surface area contributed by atoms with Gasteiger partial charge in [-0.15, -0.1) is 5.10 Å². The van der Waals surface area contributed by atoms with Crippen molar-refractivity contribution in [3.63, 3.8) is 0 Å². The topological polar surface area (TPSA) is 98.9 Å². The van der Waals surface area contributed by atoms with E-state index >= 15 is 0 Å². The van der Waals surface area contributed by atoms with Gasteiger partial charge in [-0.1, -0.05) is 0 Å². The molecule has 0 N–H and O–H groups in total. The highest BCUT2D eigenvalue weighted by atomic mass is 19.4. The van der Waals surface area contributed by atoms with E-state index in [4.69, 9.17) is 4.74 Å². The zero-order valence-electron chi connectivity index (χ0n) is 17.7. The molecule has 0 aromatic carbocycles. The van der Waals surface area contributed by atoms with Crippen LogP contribution in [0.3, 0.4) is 0 Å². The minimum atomic E-state index is -5.12. The Kier molecular flexibility index (Phi) is 6.27. The predicted molar refractivity (Wildman–Crippen MR) is 107 cm³/mol. The number of hydrogen-bond acceptors (Lipinski definition) is 7. The molecule has 0 bridgehead atoms. The Balaban J connectivity index is 1.72. The first kappa shape index (κ1) is 24.3. The lowest BCUT2D eigenvalue weighted by Gasteiger charge is -2.38. The second-order valence-electron chi connectivity index (χ2n) is 7.41. The van der Waals surface area contributed by atoms with E-state index in [9.17, 15) is 31.1 Å². The fourth-order valence-electron chi connectivity index (χ4n) is 3.17. The van der Waals surface area contributed by atoms with E-state index in [0.29, 0.717) is 30.8 Å². The molecule has 1 fully saturated rings. The highest BCUT2D eigenvalue weighted by Gasteiger charge is 2.39. The van der Waals surface area contributed by atoms with Crippen LogP contribution in [0.4, 0.5) is 26.3 Å². The van der Waals surface area contributed by atoms with Crippen LogP contribution < -0.4 is 0 Å². The van der Waals surface area contributed by atoms with Crippen LogP contribution in [-0.4, -0.2) is 66.8 Å². The molecule has 4 rings (SSSR count). The molecule has 9 nitrogen and oxygen atoms in total. The first-order chi connectivity index (χ1) is 16.5. The van der Waals surface area contributed by atoms with Gasteiger partial charge in [-0.05, 0) is 12.1 Å². The van der Waals surface area contributed by atoms with Gasteiger partial charge in [0, 0.05) is 49.9 Å². The number of ether oxygens (including phenoxy) is 1. The number of pyridine rings is 1. The molecule has 0 unspecified atom stereocenters. The lowest BCUT2D eigenvalue weighted by atomic mass is 10.1. The van der Waals surface area contributed by atoms with Crippen molar-refractivity contribution >= 4 is 17.7 Å². The Hall–Kier alpha value is -3.88. The highest BCUT2D eigenvalue weighted by molar-refractivity contribution is 6.23. The normalized spacial score (nSPS) is 15.3. The number of rotatable bonds is 5. The minimum absolute atomic E-state index is 0.0818. The molecule has 0 spiro atoms. The van der Waals surface area contributed by atoms with E-state index < -0.39 is 41.0 Å². The van der Waals surface area contributed by atoms with Gasteiger partial charge in [0.2, 0.25) is 0 Å². The molecule has 3 aromatic heterocycles. The van der Waals surface area contributed by atoms with Gasteiger partial charge in [-0.2, -0.15) is 26.3 Å². The van der Waals surface area contributed by atoms with Gasteiger partial charge >= 0.3 is 12.4 Å². The molecule has 1 saturated heterocycles. The summed E-state index contributed by atoms with van der Waals surface area (Å²) in [6.45, 7) is 0.668. The Morgan fingerprint density at radius 1 is 1.06 bits per heavy atom. The molecule has 0 radical (unpaired) electrons. The van der Waals surface area contributed by atoms with Gasteiger partial charge in [-0.3, -0.25) is 4.79 Å². The van der Waals surface area contributed by atoms with Crippen molar-refractivity contribution in [2.75, 3.05) is 20.2 Å². The molecule has 0 aliphatic carbocycles. The van der Waals surface area contributed by atoms with Crippen LogP contribution in [0.25, 0.3) is 23.2 Å². The average molecular weight is 499 g/mol. The van der Waals surface area contributed by atoms with Crippen molar-refractivity contribution in [2.45, 2.75) is 18.5 Å². The van der Waals surface area contributed by atoms with Crippen molar-refractivity contribution < 1.29 is 35.9 Å². The maximum Gasteiger partial charge on any atom is 0.433 e. The van der Waals surface area contributed by atoms with Crippen LogP contribution in [0.1, 0.15) is 17.0 Å². The number of methoxy groups -OCH3 is 1. The summed E-state index contributed by atoms with van der Waals surface area (Å²) >= 11 is 0. The van der Waals surface area contributed by atoms with Crippen LogP contribution in [-0.2, 0) is 21.9 Å². The lowest BCUT2D eigenvalue weighted by Crippen LogP contribution is -2.54. The SMILES string of the molecule is COC1CN(C(=O)/C(=C/n2cnc(-c3cc(C(F)(F)F)nc(C(F)(F)F)c3)n2)c2cncnc2)C1. The summed E-state index contributed by atoms with van der Waals surface area (Å²) in [5.41, 5.74) is -3.63. The fourth-order valence-corrected chi connectivity index (χ4v) is 3.17. The third kappa shape index (κ3) is 5.29. The molecule has 1 amide bonds. The zero-order chi connectivity index (χ0) is 25.4. The van der Waals surface area contributed by atoms with E-state index in [0.717, 1.165) is 11.0 Å². The average Bonchev–Trinajstić information content (AvgIpc) is 3.24. The second kappa shape index (κ2) is 9.05. The number of hydrogen-bond donors (Lipinski definition) is 0. The molecule has 0 saturated carbocycles. The molecular formula is C20H15F6N7O2. The number of alkyl halides is 6. The molecule has 35 heavy (non-hydrogen) atoms. The third-order valence-corrected chi connectivity index (χ3v) is 5.00. The standard InChI is InChI=1S/C20H15F6N7O2/c1-35-13-6-32(7-13)18(34)14(12-4-27-9-28-5-12)8-33-10-29-17(31-33)11-2-15(19(21,22)23)30-16(3-11)20(24,25)26/h2-5,8-10,13H,6-7H2,1H3/b14-8+. The fraction of sp³-hybridized carbons (Fsp3) is 0.300. The number of carbonyl (C=O) groups is 1. The molecule has 4 heterocycles. The molecule has 1 aliphatic heterocycles. The Labute approximate surface area is 193 Å². The molecule has 1 aliphatic rings. The summed E-state index contributed by atoms with van der Waals surface area (Å²) in [5, 5.41) is 3.94. The summed E-state index contributed by atoms with van der Waals surface area (Å²) in [6, 6.07) is 0.835. The number of amides is 1. The summed E-state index contributed by atoms with van der Waals surface area (Å²) < 4.78 is 84.9. The Bertz CT molecular complexity index is 1220. The molecule has 15 heteroatoms. The summed E-state index contributed by atoms with van der Waals surface area (Å²) in [5.74, 6) is -0.855. The summed E-state index contributed by atoms with van der Waals surface area (Å²) in [4.78, 5) is 28.7. The zero-order valence-corrected chi connectivity index (χ0v) is 17.7. The summed E-state index contributed by atoms with van der Waals surface area (Å²) in [6.07, 6.45) is -4.10. The quantitative estimate of drug-likeness (QED) is 0.393. The Morgan fingerprint density at radius 3 is 2.20 bits per heavy atom. The van der Waals surface area contributed by atoms with E-state index in [1.54, 1.807) is 0 Å². The number of aromatic nitrogens is 6. The number of carbonyl (C=O) groups excluding carboxylic acids is 1. The van der Waals surface area contributed by atoms with Crippen molar-refractivity contribution in [3.8, 4) is 11.4 Å². The van der Waals surface area contributed by atoms with Gasteiger partial charge in [0.25, 0.3) is 5.91 Å². The van der Waals surface area contributed by atoms with Crippen molar-refractivity contribution in [3.05, 3.63) is 54.1 Å². The van der Waals surface area contributed by atoms with E-state index in [1.165, 1.54) is 36.9 Å². The van der Waals surface area contributed by atoms with Crippen LogP contribution >= 0.6 is 0 Å². The first-order valence-corrected chi connectivity index (χ1v) is 9.83. The monoisotopic (exact) mass is 499 g/mol. The van der Waals surface area contributed by atoms with Crippen LogP contribution in [0.2, 0.25) is 0 Å². The van der Waals surface area contributed by atoms with Gasteiger partial charge in [0.1, 0.15) is 24.0 Å². The van der Waals surface area contributed by atoms with Crippen molar-refractivity contribution in [2.24, 2.45) is 0 Å². The molecule has 184 valence electrons. The number of nitrogens with zero attached hydrogens (tertiary/aromatic N) is 7. The maximum absolute atomic E-state index is 13.1. The largest absolute Gasteiger partial charge is 0.433 e. The number of likely N-dealkylation sites (tertiary alicyclic amines) is 1. The lowest BCUT2D eigenvalue weighted by molar-refractivity contribution is -0.150. The van der Waals surface area contributed by atoms with E-state index in [2.05, 4.69) is 25.0 Å². The van der Waals surface area contributed by atoms with Crippen molar-refractivity contribution in [1.82, 2.24) is 34.6 Å². The van der Waals surface area contributed by atoms with Gasteiger partial charge < -0.3 is 9.64 Å². The molecular weight excluding hydrogens is 484 g/mol.